The fourth-order valence-corrected chi connectivity index (χ4v) is 2.85. The molecule has 0 saturated heterocycles. The first-order valence-electron chi connectivity index (χ1n) is 10.7. The number of nitrogens with zero attached hydrogens (tertiary/aromatic N) is 2. The van der Waals surface area contributed by atoms with E-state index in [2.05, 4.69) is 30.6 Å². The van der Waals surface area contributed by atoms with Crippen molar-refractivity contribution in [3.63, 3.8) is 0 Å². The molecule has 1 saturated carbocycles. The van der Waals surface area contributed by atoms with Crippen LogP contribution in [0, 0.1) is 11.8 Å². The van der Waals surface area contributed by atoms with E-state index in [9.17, 15) is 0 Å². The maximum absolute atomic E-state index is 5.55. The second kappa shape index (κ2) is 18.3. The highest BCUT2D eigenvalue weighted by Crippen LogP contribution is 2.27. The maximum atomic E-state index is 5.55. The minimum absolute atomic E-state index is 0.794. The number of allylic oxidation sites excluding steroid dienone is 1. The van der Waals surface area contributed by atoms with Gasteiger partial charge in [0.15, 0.2) is 0 Å². The summed E-state index contributed by atoms with van der Waals surface area (Å²) in [5.74, 6) is 1.81. The normalized spacial score (nSPS) is 17.3. The Labute approximate surface area is 183 Å². The van der Waals surface area contributed by atoms with Gasteiger partial charge in [0.25, 0.3) is 0 Å². The predicted octanol–water partition coefficient (Wildman–Crippen LogP) is 7.12. The molecule has 0 amide bonds. The van der Waals surface area contributed by atoms with Crippen LogP contribution in [0.1, 0.15) is 65.5 Å². The Morgan fingerprint density at radius 3 is 2.03 bits per heavy atom. The molecule has 0 atom stereocenters. The average molecular weight is 418 g/mol. The molecular weight excluding hydrogens is 378 g/mol. The summed E-state index contributed by atoms with van der Waals surface area (Å²) in [4.78, 5) is 0. The number of aromatic nitrogens is 2. The minimum Gasteiger partial charge on any atom is -0.330 e. The summed E-state index contributed by atoms with van der Waals surface area (Å²) >= 11 is 5.54. The fraction of sp³-hybridized carbons (Fsp3) is 0.520. The van der Waals surface area contributed by atoms with E-state index in [1.54, 1.807) is 6.20 Å². The average Bonchev–Trinajstić information content (AvgIpc) is 2.71. The van der Waals surface area contributed by atoms with Crippen LogP contribution >= 0.6 is 11.6 Å². The van der Waals surface area contributed by atoms with Crippen molar-refractivity contribution in [3.05, 3.63) is 71.5 Å². The first-order valence-corrected chi connectivity index (χ1v) is 11.1. The van der Waals surface area contributed by atoms with E-state index < -0.39 is 0 Å². The Morgan fingerprint density at radius 1 is 1.07 bits per heavy atom. The van der Waals surface area contributed by atoms with E-state index in [4.69, 9.17) is 17.3 Å². The van der Waals surface area contributed by atoms with Crippen molar-refractivity contribution in [1.29, 1.82) is 0 Å². The topological polar surface area (TPSA) is 51.8 Å². The van der Waals surface area contributed by atoms with Crippen LogP contribution in [0.4, 0.5) is 0 Å². The van der Waals surface area contributed by atoms with Gasteiger partial charge in [0.1, 0.15) is 0 Å². The van der Waals surface area contributed by atoms with Gasteiger partial charge in [0.2, 0.25) is 0 Å². The van der Waals surface area contributed by atoms with Gasteiger partial charge in [-0.25, -0.2) is 0 Å². The molecule has 0 unspecified atom stereocenters. The first-order chi connectivity index (χ1) is 13.9. The standard InChI is InChI=1S/C8H17N.C7H10N2.C6H5Cl.C4H8/c1-7-2-4-8(6-9)5-3-7;1-2-4-7-5-3-6-8-9-7;7-6-4-2-1-3-5-6;1-4(2)3/h7-8H,2-6,9H2,1H3;3,5-6H,2,4H2,1H3;1-5H;1H2,2-3H3. The highest BCUT2D eigenvalue weighted by Gasteiger charge is 2.15. The Balaban J connectivity index is 0.000000375. The molecule has 1 aliphatic carbocycles. The van der Waals surface area contributed by atoms with Crippen molar-refractivity contribution in [2.75, 3.05) is 6.54 Å². The van der Waals surface area contributed by atoms with Crippen LogP contribution in [0.3, 0.4) is 0 Å². The second-order valence-corrected chi connectivity index (χ2v) is 8.27. The highest BCUT2D eigenvalue weighted by atomic mass is 35.5. The summed E-state index contributed by atoms with van der Waals surface area (Å²) < 4.78 is 0. The molecule has 0 radical (unpaired) electrons. The van der Waals surface area contributed by atoms with Gasteiger partial charge in [-0.1, -0.05) is 68.5 Å². The molecule has 1 aromatic heterocycles. The Kier molecular flexibility index (Phi) is 17.2. The third kappa shape index (κ3) is 18.1. The maximum Gasteiger partial charge on any atom is 0.0631 e. The number of benzene rings is 1. The molecule has 1 heterocycles. The van der Waals surface area contributed by atoms with E-state index in [0.29, 0.717) is 0 Å². The van der Waals surface area contributed by atoms with Crippen molar-refractivity contribution in [3.8, 4) is 0 Å². The van der Waals surface area contributed by atoms with Gasteiger partial charge in [-0.2, -0.15) is 10.2 Å². The van der Waals surface area contributed by atoms with Crippen molar-refractivity contribution in [1.82, 2.24) is 10.2 Å². The van der Waals surface area contributed by atoms with Crippen LogP contribution in [0.5, 0.6) is 0 Å². The summed E-state index contributed by atoms with van der Waals surface area (Å²) in [6, 6.07) is 13.4. The smallest absolute Gasteiger partial charge is 0.0631 e. The number of halogens is 1. The largest absolute Gasteiger partial charge is 0.330 e. The zero-order valence-electron chi connectivity index (χ0n) is 18.8. The third-order valence-electron chi connectivity index (χ3n) is 4.34. The lowest BCUT2D eigenvalue weighted by Crippen LogP contribution is -2.20. The molecule has 1 fully saturated rings. The monoisotopic (exact) mass is 417 g/mol. The molecule has 2 aromatic rings. The molecule has 2 N–H and O–H groups in total. The van der Waals surface area contributed by atoms with Gasteiger partial charge >= 0.3 is 0 Å². The molecule has 1 aliphatic rings. The van der Waals surface area contributed by atoms with Crippen molar-refractivity contribution in [2.45, 2.75) is 66.2 Å². The van der Waals surface area contributed by atoms with Crippen molar-refractivity contribution < 1.29 is 0 Å². The lowest BCUT2D eigenvalue weighted by molar-refractivity contribution is 0.296. The molecular formula is C25H40ClN3. The molecule has 29 heavy (non-hydrogen) atoms. The zero-order valence-corrected chi connectivity index (χ0v) is 19.5. The quantitative estimate of drug-likeness (QED) is 0.540. The van der Waals surface area contributed by atoms with Gasteiger partial charge in [-0.15, -0.1) is 6.58 Å². The minimum atomic E-state index is 0.794. The van der Waals surface area contributed by atoms with Gasteiger partial charge in [-0.3, -0.25) is 0 Å². The zero-order chi connectivity index (χ0) is 21.9. The summed E-state index contributed by atoms with van der Waals surface area (Å²) in [7, 11) is 0. The van der Waals surface area contributed by atoms with E-state index in [1.165, 1.54) is 31.3 Å². The van der Waals surface area contributed by atoms with Crippen molar-refractivity contribution >= 4 is 11.6 Å². The Bertz CT molecular complexity index is 604. The lowest BCUT2D eigenvalue weighted by Gasteiger charge is -2.24. The second-order valence-electron chi connectivity index (χ2n) is 7.83. The third-order valence-corrected chi connectivity index (χ3v) is 4.59. The predicted molar refractivity (Wildman–Crippen MR) is 128 cm³/mol. The summed E-state index contributed by atoms with van der Waals surface area (Å²) in [6.45, 7) is 12.9. The fourth-order valence-electron chi connectivity index (χ4n) is 2.70. The van der Waals surface area contributed by atoms with Crippen LogP contribution in [-0.2, 0) is 6.42 Å². The van der Waals surface area contributed by atoms with Crippen LogP contribution in [-0.4, -0.2) is 16.7 Å². The van der Waals surface area contributed by atoms with Gasteiger partial charge in [-0.05, 0) is 75.8 Å². The Hall–Kier alpha value is -1.71. The SMILES string of the molecule is C=C(C)C.CC1CCC(CN)CC1.CCCc1cccnn1.Clc1ccccc1. The molecule has 162 valence electrons. The number of rotatable bonds is 3. The molecule has 0 aliphatic heterocycles. The molecule has 4 heteroatoms. The lowest BCUT2D eigenvalue weighted by atomic mass is 9.83. The van der Waals surface area contributed by atoms with Crippen LogP contribution in [0.25, 0.3) is 0 Å². The van der Waals surface area contributed by atoms with Gasteiger partial charge in [0, 0.05) is 11.2 Å². The number of hydrogen-bond donors (Lipinski definition) is 1. The summed E-state index contributed by atoms with van der Waals surface area (Å²) in [5.41, 5.74) is 7.80. The van der Waals surface area contributed by atoms with Gasteiger partial charge in [0.05, 0.1) is 5.69 Å². The van der Waals surface area contributed by atoms with Crippen LogP contribution < -0.4 is 5.73 Å². The van der Waals surface area contributed by atoms with Crippen LogP contribution in [0.15, 0.2) is 60.8 Å². The molecule has 0 spiro atoms. The van der Waals surface area contributed by atoms with Gasteiger partial charge < -0.3 is 5.73 Å². The van der Waals surface area contributed by atoms with E-state index in [1.807, 2.05) is 56.3 Å². The number of nitrogens with two attached hydrogens (primary N) is 1. The molecule has 3 rings (SSSR count). The van der Waals surface area contributed by atoms with E-state index >= 15 is 0 Å². The van der Waals surface area contributed by atoms with Crippen LogP contribution in [0.2, 0.25) is 5.02 Å². The number of aryl methyl sites for hydroxylation is 1. The molecule has 0 bridgehead atoms. The highest BCUT2D eigenvalue weighted by molar-refractivity contribution is 6.30. The molecule has 1 aromatic carbocycles. The Morgan fingerprint density at radius 2 is 1.66 bits per heavy atom. The summed E-state index contributed by atoms with van der Waals surface area (Å²) in [5, 5.41) is 8.47. The summed E-state index contributed by atoms with van der Waals surface area (Å²) in [6.07, 6.45) is 9.42. The van der Waals surface area contributed by atoms with Crippen molar-refractivity contribution in [2.24, 2.45) is 17.6 Å². The van der Waals surface area contributed by atoms with E-state index in [0.717, 1.165) is 41.9 Å². The van der Waals surface area contributed by atoms with E-state index in [-0.39, 0.29) is 0 Å². The molecule has 3 nitrogen and oxygen atoms in total. The first kappa shape index (κ1) is 27.3. The number of hydrogen-bond acceptors (Lipinski definition) is 3.